The van der Waals surface area contributed by atoms with Gasteiger partial charge in [0.25, 0.3) is 0 Å². The minimum Gasteiger partial charge on any atom is -0.394 e. The summed E-state index contributed by atoms with van der Waals surface area (Å²) in [5.41, 5.74) is 7.35. The van der Waals surface area contributed by atoms with E-state index in [1.54, 1.807) is 0 Å². The van der Waals surface area contributed by atoms with Gasteiger partial charge in [-0.25, -0.2) is 0 Å². The van der Waals surface area contributed by atoms with Crippen molar-refractivity contribution in [2.75, 3.05) is 6.61 Å². The van der Waals surface area contributed by atoms with Crippen molar-refractivity contribution in [3.8, 4) is 0 Å². The van der Waals surface area contributed by atoms with Crippen molar-refractivity contribution in [2.24, 2.45) is 5.73 Å². The molecule has 0 aliphatic heterocycles. The maximum atomic E-state index is 12.3. The summed E-state index contributed by atoms with van der Waals surface area (Å²) in [6.45, 7) is 6.81. The molecule has 0 amide bonds. The second-order valence-corrected chi connectivity index (χ2v) is 6.15. The summed E-state index contributed by atoms with van der Waals surface area (Å²) in [6, 6.07) is 3.95. The molecule has 1 atom stereocenters. The lowest BCUT2D eigenvalue weighted by Crippen LogP contribution is -2.40. The monoisotopic (exact) mass is 294 g/mol. The Kier molecular flexibility index (Phi) is 7.12. The first-order valence-electron chi connectivity index (χ1n) is 8.06. The highest BCUT2D eigenvalue weighted by molar-refractivity contribution is 5.94. The van der Waals surface area contributed by atoms with Gasteiger partial charge in [-0.15, -0.1) is 0 Å². The average Bonchev–Trinajstić information content (AvgIpc) is 2.88. The molecular weight excluding hydrogens is 264 g/mol. The molecule has 0 bridgehead atoms. The van der Waals surface area contributed by atoms with E-state index in [2.05, 4.69) is 18.4 Å². The molecule has 0 aliphatic rings. The normalized spacial score (nSPS) is 14.1. The molecule has 1 aromatic rings. The van der Waals surface area contributed by atoms with Crippen molar-refractivity contribution in [3.05, 3.63) is 23.5 Å². The van der Waals surface area contributed by atoms with Crippen LogP contribution < -0.4 is 5.73 Å². The standard InChI is InChI=1S/C17H30N2O2/c1-4-6-7-8-16(21)15-10-9-14(19(15)5-2)11-12-17(3,18)13-20/h9-10,20H,4-8,11-13,18H2,1-3H3. The molecular formula is C17H30N2O2. The Labute approximate surface area is 128 Å². The first kappa shape index (κ1) is 17.9. The van der Waals surface area contributed by atoms with E-state index in [0.29, 0.717) is 12.8 Å². The van der Waals surface area contributed by atoms with Crippen LogP contribution in [0.15, 0.2) is 12.1 Å². The maximum absolute atomic E-state index is 12.3. The number of aliphatic hydroxyl groups excluding tert-OH is 1. The summed E-state index contributed by atoms with van der Waals surface area (Å²) in [4.78, 5) is 12.3. The molecule has 0 fully saturated rings. The number of nitrogens with zero attached hydrogens (tertiary/aromatic N) is 1. The number of hydrogen-bond acceptors (Lipinski definition) is 3. The zero-order valence-corrected chi connectivity index (χ0v) is 13.7. The van der Waals surface area contributed by atoms with Crippen molar-refractivity contribution in [3.63, 3.8) is 0 Å². The molecule has 120 valence electrons. The number of aromatic nitrogens is 1. The second kappa shape index (κ2) is 8.35. The first-order valence-corrected chi connectivity index (χ1v) is 8.06. The lowest BCUT2D eigenvalue weighted by atomic mass is 9.97. The highest BCUT2D eigenvalue weighted by Crippen LogP contribution is 2.17. The highest BCUT2D eigenvalue weighted by atomic mass is 16.3. The molecule has 0 saturated heterocycles. The average molecular weight is 294 g/mol. The summed E-state index contributed by atoms with van der Waals surface area (Å²) in [5.74, 6) is 0.231. The molecule has 21 heavy (non-hydrogen) atoms. The van der Waals surface area contributed by atoms with Crippen LogP contribution in [0.1, 0.15) is 69.1 Å². The lowest BCUT2D eigenvalue weighted by Gasteiger charge is -2.22. The smallest absolute Gasteiger partial charge is 0.179 e. The second-order valence-electron chi connectivity index (χ2n) is 6.15. The molecule has 0 radical (unpaired) electrons. The predicted octanol–water partition coefficient (Wildman–Crippen LogP) is 2.91. The number of ketones is 1. The van der Waals surface area contributed by atoms with Crippen LogP contribution in [0.3, 0.4) is 0 Å². The minimum absolute atomic E-state index is 0.0252. The molecule has 3 N–H and O–H groups in total. The summed E-state index contributed by atoms with van der Waals surface area (Å²) in [6.07, 6.45) is 5.31. The third-order valence-electron chi connectivity index (χ3n) is 3.99. The summed E-state index contributed by atoms with van der Waals surface area (Å²) in [7, 11) is 0. The molecule has 4 heteroatoms. The highest BCUT2D eigenvalue weighted by Gasteiger charge is 2.19. The number of rotatable bonds is 10. The molecule has 0 spiro atoms. The maximum Gasteiger partial charge on any atom is 0.179 e. The van der Waals surface area contributed by atoms with E-state index in [9.17, 15) is 9.90 Å². The Hall–Kier alpha value is -1.13. The van der Waals surface area contributed by atoms with Crippen LogP contribution in [0.25, 0.3) is 0 Å². The van der Waals surface area contributed by atoms with Gasteiger partial charge in [-0.1, -0.05) is 19.8 Å². The number of aryl methyl sites for hydroxylation is 1. The van der Waals surface area contributed by atoms with Crippen molar-refractivity contribution in [2.45, 2.75) is 71.4 Å². The van der Waals surface area contributed by atoms with Crippen LogP contribution in [0.4, 0.5) is 0 Å². The topological polar surface area (TPSA) is 68.2 Å². The Morgan fingerprint density at radius 3 is 2.62 bits per heavy atom. The van der Waals surface area contributed by atoms with Gasteiger partial charge in [0.05, 0.1) is 12.3 Å². The third-order valence-corrected chi connectivity index (χ3v) is 3.99. The van der Waals surface area contributed by atoms with Gasteiger partial charge in [0, 0.05) is 24.2 Å². The molecule has 1 unspecified atom stereocenters. The fourth-order valence-corrected chi connectivity index (χ4v) is 2.50. The summed E-state index contributed by atoms with van der Waals surface area (Å²) in [5, 5.41) is 9.23. The van der Waals surface area contributed by atoms with Crippen LogP contribution in [0.2, 0.25) is 0 Å². The van der Waals surface area contributed by atoms with Gasteiger partial charge < -0.3 is 15.4 Å². The van der Waals surface area contributed by atoms with Crippen LogP contribution in [0.5, 0.6) is 0 Å². The zero-order chi connectivity index (χ0) is 15.9. The van der Waals surface area contributed by atoms with E-state index in [4.69, 9.17) is 5.73 Å². The zero-order valence-electron chi connectivity index (χ0n) is 13.7. The minimum atomic E-state index is -0.561. The Balaban J connectivity index is 2.74. The number of aliphatic hydroxyl groups is 1. The summed E-state index contributed by atoms with van der Waals surface area (Å²) >= 11 is 0. The van der Waals surface area contributed by atoms with E-state index in [0.717, 1.165) is 43.6 Å². The number of hydrogen-bond donors (Lipinski definition) is 2. The van der Waals surface area contributed by atoms with Crippen LogP contribution in [-0.2, 0) is 13.0 Å². The lowest BCUT2D eigenvalue weighted by molar-refractivity contribution is 0.0970. The van der Waals surface area contributed by atoms with Gasteiger partial charge >= 0.3 is 0 Å². The number of carbonyl (C=O) groups excluding carboxylic acids is 1. The van der Waals surface area contributed by atoms with Crippen molar-refractivity contribution in [1.29, 1.82) is 0 Å². The number of unbranched alkanes of at least 4 members (excludes halogenated alkanes) is 2. The fraction of sp³-hybridized carbons (Fsp3) is 0.706. The first-order chi connectivity index (χ1) is 9.95. The van der Waals surface area contributed by atoms with E-state index < -0.39 is 5.54 Å². The predicted molar refractivity (Wildman–Crippen MR) is 86.6 cm³/mol. The SMILES string of the molecule is CCCCCC(=O)c1ccc(CCC(C)(N)CO)n1CC. The van der Waals surface area contributed by atoms with Crippen LogP contribution in [0, 0.1) is 0 Å². The van der Waals surface area contributed by atoms with E-state index >= 15 is 0 Å². The van der Waals surface area contributed by atoms with Gasteiger partial charge in [-0.3, -0.25) is 4.79 Å². The Bertz CT molecular complexity index is 450. The van der Waals surface area contributed by atoms with Gasteiger partial charge in [0.1, 0.15) is 0 Å². The summed E-state index contributed by atoms with van der Waals surface area (Å²) < 4.78 is 2.09. The van der Waals surface area contributed by atoms with Crippen molar-refractivity contribution in [1.82, 2.24) is 4.57 Å². The van der Waals surface area contributed by atoms with Gasteiger partial charge in [-0.2, -0.15) is 0 Å². The Morgan fingerprint density at radius 1 is 1.33 bits per heavy atom. The molecule has 0 aliphatic carbocycles. The largest absolute Gasteiger partial charge is 0.394 e. The molecule has 1 aromatic heterocycles. The number of carbonyl (C=O) groups is 1. The van der Waals surface area contributed by atoms with Crippen molar-refractivity contribution >= 4 is 5.78 Å². The quantitative estimate of drug-likeness (QED) is 0.515. The molecule has 4 nitrogen and oxygen atoms in total. The van der Waals surface area contributed by atoms with Crippen molar-refractivity contribution < 1.29 is 9.90 Å². The van der Waals surface area contributed by atoms with Crippen LogP contribution in [-0.4, -0.2) is 27.6 Å². The van der Waals surface area contributed by atoms with Crippen LogP contribution >= 0.6 is 0 Å². The molecule has 1 rings (SSSR count). The third kappa shape index (κ3) is 5.29. The fourth-order valence-electron chi connectivity index (χ4n) is 2.50. The van der Waals surface area contributed by atoms with E-state index in [1.165, 1.54) is 0 Å². The van der Waals surface area contributed by atoms with Gasteiger partial charge in [-0.05, 0) is 45.2 Å². The van der Waals surface area contributed by atoms with Gasteiger partial charge in [0.15, 0.2) is 5.78 Å². The molecule has 0 saturated carbocycles. The number of Topliss-reactive ketones (excluding diaryl/α,β-unsaturated/α-hetero) is 1. The Morgan fingerprint density at radius 2 is 2.05 bits per heavy atom. The van der Waals surface area contributed by atoms with E-state index in [1.807, 2.05) is 19.1 Å². The molecule has 1 heterocycles. The molecule has 0 aromatic carbocycles. The van der Waals surface area contributed by atoms with E-state index in [-0.39, 0.29) is 12.4 Å². The number of nitrogens with two attached hydrogens (primary N) is 1. The van der Waals surface area contributed by atoms with Gasteiger partial charge in [0.2, 0.25) is 0 Å².